The van der Waals surface area contributed by atoms with Crippen LogP contribution in [-0.4, -0.2) is 31.1 Å². The molecule has 1 atom stereocenters. The molecule has 0 saturated heterocycles. The highest BCUT2D eigenvalue weighted by atomic mass is 16.5. The summed E-state index contributed by atoms with van der Waals surface area (Å²) in [6.45, 7) is 7.83. The molecule has 1 amide bonds. The number of amides is 1. The van der Waals surface area contributed by atoms with Gasteiger partial charge < -0.3 is 15.8 Å². The molecule has 0 rings (SSSR count). The van der Waals surface area contributed by atoms with Gasteiger partial charge in [-0.3, -0.25) is 9.59 Å². The van der Waals surface area contributed by atoms with Crippen LogP contribution in [0.15, 0.2) is 0 Å². The van der Waals surface area contributed by atoms with Crippen LogP contribution in [0.5, 0.6) is 0 Å². The molecule has 0 aromatic heterocycles. The molecule has 5 heteroatoms. The minimum Gasteiger partial charge on any atom is -0.465 e. The van der Waals surface area contributed by atoms with Gasteiger partial charge in [0.2, 0.25) is 5.91 Å². The fourth-order valence-corrected chi connectivity index (χ4v) is 1.10. The van der Waals surface area contributed by atoms with Crippen molar-refractivity contribution in [2.24, 2.45) is 11.1 Å². The van der Waals surface area contributed by atoms with Crippen LogP contribution in [0.25, 0.3) is 0 Å². The molecule has 0 aromatic rings. The zero-order valence-electron chi connectivity index (χ0n) is 10.5. The van der Waals surface area contributed by atoms with E-state index >= 15 is 0 Å². The van der Waals surface area contributed by atoms with Gasteiger partial charge in [0.25, 0.3) is 0 Å². The average molecular weight is 230 g/mol. The fraction of sp³-hybridized carbons (Fsp3) is 0.818. The van der Waals surface area contributed by atoms with Crippen molar-refractivity contribution in [2.75, 3.05) is 13.2 Å². The number of carbonyl (C=O) groups is 2. The lowest BCUT2D eigenvalue weighted by atomic mass is 9.92. The highest BCUT2D eigenvalue weighted by molar-refractivity contribution is 5.80. The first-order chi connectivity index (χ1) is 7.35. The van der Waals surface area contributed by atoms with Crippen LogP contribution in [0.4, 0.5) is 0 Å². The number of hydrogen-bond donors (Lipinski definition) is 2. The number of primary amides is 1. The first-order valence-corrected chi connectivity index (χ1v) is 5.55. The molecule has 0 radical (unpaired) electrons. The van der Waals surface area contributed by atoms with Crippen molar-refractivity contribution in [3.63, 3.8) is 0 Å². The number of hydrogen-bond acceptors (Lipinski definition) is 4. The smallest absolute Gasteiger partial charge is 0.323 e. The summed E-state index contributed by atoms with van der Waals surface area (Å²) in [7, 11) is 0. The van der Waals surface area contributed by atoms with Gasteiger partial charge in [0.05, 0.1) is 12.0 Å². The standard InChI is InChI=1S/C11H22N2O3/c1-5-8(9(14)16-6-2)13-7-11(3,4)10(12)15/h8,13H,5-7H2,1-4H3,(H2,12,15). The van der Waals surface area contributed by atoms with Gasteiger partial charge in [0.1, 0.15) is 6.04 Å². The van der Waals surface area contributed by atoms with Crippen LogP contribution in [0.2, 0.25) is 0 Å². The predicted octanol–water partition coefficient (Wildman–Crippen LogP) is 0.429. The third-order valence-electron chi connectivity index (χ3n) is 2.44. The van der Waals surface area contributed by atoms with E-state index in [1.54, 1.807) is 20.8 Å². The van der Waals surface area contributed by atoms with Crippen LogP contribution in [-0.2, 0) is 14.3 Å². The minimum atomic E-state index is -0.667. The summed E-state index contributed by atoms with van der Waals surface area (Å²) in [5.41, 5.74) is 4.57. The summed E-state index contributed by atoms with van der Waals surface area (Å²) in [5.74, 6) is -0.677. The topological polar surface area (TPSA) is 81.4 Å². The van der Waals surface area contributed by atoms with E-state index in [1.165, 1.54) is 0 Å². The molecule has 16 heavy (non-hydrogen) atoms. The predicted molar refractivity (Wildman–Crippen MR) is 61.7 cm³/mol. The summed E-state index contributed by atoms with van der Waals surface area (Å²) in [6.07, 6.45) is 0.619. The van der Waals surface area contributed by atoms with Crippen molar-refractivity contribution in [1.82, 2.24) is 5.32 Å². The highest BCUT2D eigenvalue weighted by Gasteiger charge is 2.27. The van der Waals surface area contributed by atoms with E-state index in [9.17, 15) is 9.59 Å². The van der Waals surface area contributed by atoms with E-state index in [2.05, 4.69) is 5.32 Å². The molecular weight excluding hydrogens is 208 g/mol. The Hall–Kier alpha value is -1.10. The van der Waals surface area contributed by atoms with E-state index in [-0.39, 0.29) is 12.0 Å². The van der Waals surface area contributed by atoms with E-state index in [1.807, 2.05) is 6.92 Å². The summed E-state index contributed by atoms with van der Waals surface area (Å²) in [5, 5.41) is 3.00. The second-order valence-electron chi connectivity index (χ2n) is 4.34. The fourth-order valence-electron chi connectivity index (χ4n) is 1.10. The molecule has 94 valence electrons. The Balaban J connectivity index is 4.25. The third kappa shape index (κ3) is 4.61. The molecule has 0 spiro atoms. The Morgan fingerprint density at radius 3 is 2.31 bits per heavy atom. The van der Waals surface area contributed by atoms with Crippen molar-refractivity contribution < 1.29 is 14.3 Å². The van der Waals surface area contributed by atoms with Crippen molar-refractivity contribution in [3.05, 3.63) is 0 Å². The molecule has 0 aliphatic carbocycles. The number of nitrogens with one attached hydrogen (secondary N) is 1. The Bertz CT molecular complexity index is 252. The Morgan fingerprint density at radius 1 is 1.38 bits per heavy atom. The van der Waals surface area contributed by atoms with Crippen molar-refractivity contribution >= 4 is 11.9 Å². The summed E-state index contributed by atoms with van der Waals surface area (Å²) in [6, 6.07) is -0.376. The maximum Gasteiger partial charge on any atom is 0.323 e. The molecule has 0 aliphatic heterocycles. The van der Waals surface area contributed by atoms with Crippen LogP contribution < -0.4 is 11.1 Å². The van der Waals surface area contributed by atoms with Crippen molar-refractivity contribution in [2.45, 2.75) is 40.2 Å². The molecule has 0 fully saturated rings. The Labute approximate surface area is 96.7 Å². The summed E-state index contributed by atoms with van der Waals surface area (Å²) in [4.78, 5) is 22.5. The van der Waals surface area contributed by atoms with Crippen LogP contribution >= 0.6 is 0 Å². The number of nitrogens with two attached hydrogens (primary N) is 1. The van der Waals surface area contributed by atoms with E-state index in [0.717, 1.165) is 0 Å². The Kier molecular flexibility index (Phi) is 6.03. The lowest BCUT2D eigenvalue weighted by Crippen LogP contribution is -2.46. The summed E-state index contributed by atoms with van der Waals surface area (Å²) < 4.78 is 4.90. The SMILES string of the molecule is CCOC(=O)C(CC)NCC(C)(C)C(N)=O. The van der Waals surface area contributed by atoms with E-state index < -0.39 is 11.3 Å². The van der Waals surface area contributed by atoms with Crippen LogP contribution in [0.1, 0.15) is 34.1 Å². The van der Waals surface area contributed by atoms with E-state index in [4.69, 9.17) is 10.5 Å². The first-order valence-electron chi connectivity index (χ1n) is 5.55. The first kappa shape index (κ1) is 14.9. The highest BCUT2D eigenvalue weighted by Crippen LogP contribution is 2.12. The Morgan fingerprint density at radius 2 is 1.94 bits per heavy atom. The zero-order valence-corrected chi connectivity index (χ0v) is 10.5. The molecule has 0 bridgehead atoms. The average Bonchev–Trinajstić information content (AvgIpc) is 2.18. The van der Waals surface area contributed by atoms with Gasteiger partial charge in [-0.2, -0.15) is 0 Å². The molecule has 1 unspecified atom stereocenters. The maximum absolute atomic E-state index is 11.5. The number of esters is 1. The number of ether oxygens (including phenoxy) is 1. The summed E-state index contributed by atoms with van der Waals surface area (Å²) >= 11 is 0. The molecule has 5 nitrogen and oxygen atoms in total. The molecule has 3 N–H and O–H groups in total. The van der Waals surface area contributed by atoms with Gasteiger partial charge in [-0.15, -0.1) is 0 Å². The van der Waals surface area contributed by atoms with Gasteiger partial charge in [-0.25, -0.2) is 0 Å². The normalized spacial score (nSPS) is 13.2. The largest absolute Gasteiger partial charge is 0.465 e. The van der Waals surface area contributed by atoms with Gasteiger partial charge in [-0.05, 0) is 27.2 Å². The molecule has 0 aromatic carbocycles. The quantitative estimate of drug-likeness (QED) is 0.621. The maximum atomic E-state index is 11.5. The van der Waals surface area contributed by atoms with Crippen LogP contribution in [0, 0.1) is 5.41 Å². The lowest BCUT2D eigenvalue weighted by molar-refractivity contribution is -0.146. The van der Waals surface area contributed by atoms with Crippen molar-refractivity contribution in [3.8, 4) is 0 Å². The van der Waals surface area contributed by atoms with Gasteiger partial charge in [0.15, 0.2) is 0 Å². The number of carbonyl (C=O) groups excluding carboxylic acids is 2. The zero-order chi connectivity index (χ0) is 12.8. The third-order valence-corrected chi connectivity index (χ3v) is 2.44. The minimum absolute atomic E-state index is 0.287. The van der Waals surface area contributed by atoms with Gasteiger partial charge in [-0.1, -0.05) is 6.92 Å². The second kappa shape index (κ2) is 6.48. The number of rotatable bonds is 7. The molecule has 0 aliphatic rings. The molecular formula is C11H22N2O3. The monoisotopic (exact) mass is 230 g/mol. The van der Waals surface area contributed by atoms with Crippen molar-refractivity contribution in [1.29, 1.82) is 0 Å². The second-order valence-corrected chi connectivity index (χ2v) is 4.34. The lowest BCUT2D eigenvalue weighted by Gasteiger charge is -2.24. The van der Waals surface area contributed by atoms with Gasteiger partial charge >= 0.3 is 5.97 Å². The molecule has 0 heterocycles. The van der Waals surface area contributed by atoms with Gasteiger partial charge in [0, 0.05) is 6.54 Å². The molecule has 0 saturated carbocycles. The van der Waals surface area contributed by atoms with E-state index in [0.29, 0.717) is 19.6 Å². The van der Waals surface area contributed by atoms with Crippen LogP contribution in [0.3, 0.4) is 0 Å².